The average Bonchev–Trinajstić information content (AvgIpc) is 2.66. The topological polar surface area (TPSA) is 65.5 Å². The van der Waals surface area contributed by atoms with Gasteiger partial charge in [0, 0.05) is 38.8 Å². The molecule has 1 aromatic rings. The average molecular weight is 365 g/mol. The van der Waals surface area contributed by atoms with Gasteiger partial charge in [0.1, 0.15) is 5.82 Å². The monoisotopic (exact) mass is 364 g/mol. The van der Waals surface area contributed by atoms with Gasteiger partial charge in [0.05, 0.1) is 5.02 Å². The van der Waals surface area contributed by atoms with Gasteiger partial charge in [0.2, 0.25) is 5.91 Å². The minimum Gasteiger partial charge on any atom is -0.356 e. The molecule has 3 heterocycles. The summed E-state index contributed by atoms with van der Waals surface area (Å²) in [6, 6.07) is 1.84. The highest BCUT2D eigenvalue weighted by atomic mass is 35.5. The van der Waals surface area contributed by atoms with Gasteiger partial charge in [-0.25, -0.2) is 9.78 Å². The molecule has 0 spiro atoms. The molecule has 0 aromatic carbocycles. The number of hydrogen-bond donors (Lipinski definition) is 1. The second kappa shape index (κ2) is 8.52. The Hall–Kier alpha value is -1.82. The number of carbonyl (C=O) groups excluding carboxylic acids is 2. The molecule has 136 valence electrons. The minimum absolute atomic E-state index is 0.0173. The van der Waals surface area contributed by atoms with Crippen molar-refractivity contribution in [2.75, 3.05) is 31.1 Å². The second-order valence-electron chi connectivity index (χ2n) is 6.68. The van der Waals surface area contributed by atoms with Crippen LogP contribution in [0, 0.1) is 0 Å². The van der Waals surface area contributed by atoms with Crippen LogP contribution in [-0.4, -0.2) is 48.0 Å². The maximum atomic E-state index is 13.1. The summed E-state index contributed by atoms with van der Waals surface area (Å²) in [6.07, 6.45) is 7.84. The number of halogens is 1. The molecule has 0 bridgehead atoms. The van der Waals surface area contributed by atoms with Crippen LogP contribution in [0.3, 0.4) is 0 Å². The summed E-state index contributed by atoms with van der Waals surface area (Å²) in [7, 11) is 0. The van der Waals surface area contributed by atoms with E-state index in [1.54, 1.807) is 16.0 Å². The third-order valence-electron chi connectivity index (χ3n) is 4.78. The Morgan fingerprint density at radius 2 is 1.92 bits per heavy atom. The van der Waals surface area contributed by atoms with Crippen LogP contribution in [0.15, 0.2) is 12.3 Å². The predicted octanol–water partition coefficient (Wildman–Crippen LogP) is 2.99. The van der Waals surface area contributed by atoms with Crippen molar-refractivity contribution in [2.24, 2.45) is 0 Å². The van der Waals surface area contributed by atoms with Crippen LogP contribution >= 0.6 is 11.6 Å². The van der Waals surface area contributed by atoms with Crippen LogP contribution in [0.25, 0.3) is 0 Å². The van der Waals surface area contributed by atoms with E-state index in [9.17, 15) is 9.59 Å². The minimum atomic E-state index is -0.0529. The zero-order chi connectivity index (χ0) is 17.6. The van der Waals surface area contributed by atoms with E-state index in [1.807, 2.05) is 6.07 Å². The Bertz CT molecular complexity index is 638. The molecule has 2 aliphatic rings. The predicted molar refractivity (Wildman–Crippen MR) is 98.0 cm³/mol. The number of urea groups is 1. The maximum absolute atomic E-state index is 13.1. The van der Waals surface area contributed by atoms with Gasteiger partial charge < -0.3 is 10.2 Å². The molecule has 1 N–H and O–H groups in total. The Labute approximate surface area is 153 Å². The normalized spacial score (nSPS) is 19.6. The van der Waals surface area contributed by atoms with Crippen LogP contribution in [-0.2, 0) is 11.2 Å². The van der Waals surface area contributed by atoms with Gasteiger partial charge in [-0.15, -0.1) is 0 Å². The fraction of sp³-hybridized carbons (Fsp3) is 0.611. The van der Waals surface area contributed by atoms with Gasteiger partial charge >= 0.3 is 6.03 Å². The van der Waals surface area contributed by atoms with Crippen LogP contribution < -0.4 is 10.2 Å². The molecule has 1 aromatic heterocycles. The highest BCUT2D eigenvalue weighted by molar-refractivity contribution is 6.30. The first kappa shape index (κ1) is 18.0. The van der Waals surface area contributed by atoms with Crippen LogP contribution in [0.5, 0.6) is 0 Å². The van der Waals surface area contributed by atoms with E-state index in [0.29, 0.717) is 36.9 Å². The molecule has 0 saturated carbocycles. The molecule has 1 saturated heterocycles. The van der Waals surface area contributed by atoms with Crippen molar-refractivity contribution >= 4 is 29.4 Å². The molecule has 0 radical (unpaired) electrons. The van der Waals surface area contributed by atoms with Gasteiger partial charge in [-0.1, -0.05) is 24.4 Å². The quantitative estimate of drug-likeness (QED) is 0.769. The van der Waals surface area contributed by atoms with Crippen molar-refractivity contribution < 1.29 is 9.59 Å². The Kier molecular flexibility index (Phi) is 6.13. The van der Waals surface area contributed by atoms with E-state index >= 15 is 0 Å². The third kappa shape index (κ3) is 4.63. The van der Waals surface area contributed by atoms with Gasteiger partial charge in [-0.2, -0.15) is 0 Å². The zero-order valence-corrected chi connectivity index (χ0v) is 15.2. The van der Waals surface area contributed by atoms with Crippen LogP contribution in [0.4, 0.5) is 10.6 Å². The van der Waals surface area contributed by atoms with Crippen LogP contribution in [0.1, 0.15) is 44.1 Å². The van der Waals surface area contributed by atoms with Gasteiger partial charge in [-0.05, 0) is 37.3 Å². The molecule has 2 aliphatic heterocycles. The molecular weight excluding hydrogens is 340 g/mol. The Balaban J connectivity index is 1.75. The van der Waals surface area contributed by atoms with E-state index in [0.717, 1.165) is 50.6 Å². The second-order valence-corrected chi connectivity index (χ2v) is 7.11. The lowest BCUT2D eigenvalue weighted by Crippen LogP contribution is -2.47. The molecule has 1 fully saturated rings. The summed E-state index contributed by atoms with van der Waals surface area (Å²) in [5, 5.41) is 3.52. The summed E-state index contributed by atoms with van der Waals surface area (Å²) in [4.78, 5) is 32.9. The number of aryl methyl sites for hydroxylation is 1. The number of anilines is 1. The first-order valence-corrected chi connectivity index (χ1v) is 9.50. The van der Waals surface area contributed by atoms with Crippen molar-refractivity contribution in [1.29, 1.82) is 0 Å². The number of carbonyl (C=O) groups is 2. The molecule has 0 aliphatic carbocycles. The van der Waals surface area contributed by atoms with Crippen LogP contribution in [0.2, 0.25) is 5.02 Å². The zero-order valence-electron chi connectivity index (χ0n) is 14.5. The lowest BCUT2D eigenvalue weighted by molar-refractivity contribution is -0.121. The van der Waals surface area contributed by atoms with E-state index in [2.05, 4.69) is 10.3 Å². The fourth-order valence-electron chi connectivity index (χ4n) is 3.43. The van der Waals surface area contributed by atoms with Crippen molar-refractivity contribution in [3.8, 4) is 0 Å². The van der Waals surface area contributed by atoms with E-state index in [-0.39, 0.29) is 11.9 Å². The number of nitrogens with zero attached hydrogens (tertiary/aromatic N) is 3. The lowest BCUT2D eigenvalue weighted by atomic mass is 10.1. The number of hydrogen-bond acceptors (Lipinski definition) is 3. The molecule has 25 heavy (non-hydrogen) atoms. The molecule has 7 heteroatoms. The molecule has 0 unspecified atom stereocenters. The highest BCUT2D eigenvalue weighted by Gasteiger charge is 2.28. The van der Waals surface area contributed by atoms with Crippen molar-refractivity contribution in [3.05, 3.63) is 22.8 Å². The number of rotatable bonds is 0. The third-order valence-corrected chi connectivity index (χ3v) is 4.99. The Morgan fingerprint density at radius 3 is 2.80 bits per heavy atom. The number of aromatic nitrogens is 1. The summed E-state index contributed by atoms with van der Waals surface area (Å²) in [5.74, 6) is 0.725. The SMILES string of the molecule is O=C1CCN(C(=O)N2CCCc3cc(Cl)cnc32)CCCCCCN1. The van der Waals surface area contributed by atoms with Gasteiger partial charge in [0.25, 0.3) is 0 Å². The first-order chi connectivity index (χ1) is 12.1. The fourth-order valence-corrected chi connectivity index (χ4v) is 3.61. The maximum Gasteiger partial charge on any atom is 0.325 e. The number of fused-ring (bicyclic) bond motifs is 1. The molecule has 0 atom stereocenters. The number of amides is 3. The van der Waals surface area contributed by atoms with E-state index in [4.69, 9.17) is 11.6 Å². The van der Waals surface area contributed by atoms with Crippen molar-refractivity contribution in [1.82, 2.24) is 15.2 Å². The standard InChI is InChI=1S/C18H25ClN4O2/c19-15-12-14-6-5-10-23(17(14)21-13-15)18(25)22-9-4-2-1-3-8-20-16(24)7-11-22/h12-13H,1-11H2,(H,20,24). The van der Waals surface area contributed by atoms with Crippen molar-refractivity contribution in [2.45, 2.75) is 44.9 Å². The number of pyridine rings is 1. The van der Waals surface area contributed by atoms with E-state index < -0.39 is 0 Å². The molecular formula is C18H25ClN4O2. The summed E-state index contributed by atoms with van der Waals surface area (Å²) in [6.45, 7) is 2.52. The summed E-state index contributed by atoms with van der Waals surface area (Å²) < 4.78 is 0. The van der Waals surface area contributed by atoms with Crippen molar-refractivity contribution in [3.63, 3.8) is 0 Å². The lowest BCUT2D eigenvalue weighted by Gasteiger charge is -2.33. The summed E-state index contributed by atoms with van der Waals surface area (Å²) in [5.41, 5.74) is 1.02. The molecule has 3 rings (SSSR count). The van der Waals surface area contributed by atoms with Gasteiger partial charge in [-0.3, -0.25) is 9.69 Å². The van der Waals surface area contributed by atoms with Gasteiger partial charge in [0.15, 0.2) is 0 Å². The molecule has 3 amide bonds. The van der Waals surface area contributed by atoms with E-state index in [1.165, 1.54) is 0 Å². The molecule has 6 nitrogen and oxygen atoms in total. The highest BCUT2D eigenvalue weighted by Crippen LogP contribution is 2.28. The summed E-state index contributed by atoms with van der Waals surface area (Å²) >= 11 is 6.04. The first-order valence-electron chi connectivity index (χ1n) is 9.13. The number of nitrogens with one attached hydrogen (secondary N) is 1. The smallest absolute Gasteiger partial charge is 0.325 e. The largest absolute Gasteiger partial charge is 0.356 e. The Morgan fingerprint density at radius 1 is 1.08 bits per heavy atom.